The van der Waals surface area contributed by atoms with Crippen molar-refractivity contribution < 1.29 is 33.3 Å². The van der Waals surface area contributed by atoms with Gasteiger partial charge in [-0.2, -0.15) is 0 Å². The second-order valence-electron chi connectivity index (χ2n) is 9.49. The number of anilines is 3. The molecule has 0 atom stereocenters. The van der Waals surface area contributed by atoms with Crippen molar-refractivity contribution in [3.63, 3.8) is 0 Å². The summed E-state index contributed by atoms with van der Waals surface area (Å²) in [5.74, 6) is 2.68. The number of methoxy groups -OCH3 is 6. The fourth-order valence-electron chi connectivity index (χ4n) is 4.96. The zero-order valence-corrected chi connectivity index (χ0v) is 25.5. The first-order valence-corrected chi connectivity index (χ1v) is 13.5. The molecule has 0 radical (unpaired) electrons. The number of hydrazine groups is 1. The third kappa shape index (κ3) is 6.43. The summed E-state index contributed by atoms with van der Waals surface area (Å²) in [7, 11) is 9.20. The molecule has 0 aliphatic heterocycles. The van der Waals surface area contributed by atoms with E-state index in [-0.39, 0.29) is 18.8 Å². The Morgan fingerprint density at radius 3 is 1.39 bits per heavy atom. The van der Waals surface area contributed by atoms with Crippen molar-refractivity contribution >= 4 is 22.7 Å². The molecule has 0 unspecified atom stereocenters. The topological polar surface area (TPSA) is 131 Å². The van der Waals surface area contributed by atoms with Crippen LogP contribution in [0.3, 0.4) is 0 Å². The molecule has 4 aromatic carbocycles. The highest BCUT2D eigenvalue weighted by Crippen LogP contribution is 2.42. The molecule has 0 spiro atoms. The van der Waals surface area contributed by atoms with Crippen LogP contribution in [0.15, 0.2) is 72.8 Å². The number of para-hydroxylation sites is 4. The van der Waals surface area contributed by atoms with Crippen LogP contribution in [0.5, 0.6) is 34.5 Å². The van der Waals surface area contributed by atoms with Gasteiger partial charge in [-0.05, 0) is 53.6 Å². The van der Waals surface area contributed by atoms with Crippen molar-refractivity contribution in [3.8, 4) is 34.5 Å². The molecular weight excluding hydrogens is 568 g/mol. The lowest BCUT2D eigenvalue weighted by Crippen LogP contribution is -2.43. The lowest BCUT2D eigenvalue weighted by atomic mass is 10.1. The van der Waals surface area contributed by atoms with Crippen LogP contribution in [0.1, 0.15) is 11.1 Å². The minimum Gasteiger partial charge on any atom is -0.493 e. The number of nitrogen functional groups attached to an aromatic ring is 1. The predicted molar refractivity (Wildman–Crippen MR) is 169 cm³/mol. The molecule has 0 saturated heterocycles. The maximum absolute atomic E-state index is 12.3. The van der Waals surface area contributed by atoms with E-state index in [2.05, 4.69) is 0 Å². The summed E-state index contributed by atoms with van der Waals surface area (Å²) in [4.78, 5) is 11.9. The molecule has 4 rings (SSSR count). The van der Waals surface area contributed by atoms with E-state index >= 15 is 0 Å². The minimum atomic E-state index is -0.413. The average Bonchev–Trinajstić information content (AvgIpc) is 3.05. The Hall–Kier alpha value is -5.52. The SMILES string of the molecule is COc1cc(CN(c2ccccc2N)N(Cc2cc(OC)c(OC)c(OC)c2)c2ccccc2[N+](=O)[O-])cc(OC)c1OC. The number of hydrogen-bond donors (Lipinski definition) is 1. The van der Waals surface area contributed by atoms with Gasteiger partial charge in [-0.3, -0.25) is 20.1 Å². The first-order valence-electron chi connectivity index (χ1n) is 13.5. The van der Waals surface area contributed by atoms with Crippen molar-refractivity contribution in [1.82, 2.24) is 0 Å². The molecule has 44 heavy (non-hydrogen) atoms. The largest absolute Gasteiger partial charge is 0.493 e. The summed E-state index contributed by atoms with van der Waals surface area (Å²) in [6, 6.07) is 21.1. The number of benzene rings is 4. The first kappa shape index (κ1) is 31.4. The fourth-order valence-corrected chi connectivity index (χ4v) is 4.96. The number of nitro benzene ring substituents is 1. The summed E-state index contributed by atoms with van der Waals surface area (Å²) in [6.45, 7) is 0.363. The van der Waals surface area contributed by atoms with Crippen LogP contribution in [0.2, 0.25) is 0 Å². The smallest absolute Gasteiger partial charge is 0.294 e. The Bertz CT molecular complexity index is 1560. The van der Waals surface area contributed by atoms with Crippen LogP contribution in [0, 0.1) is 10.1 Å². The maximum Gasteiger partial charge on any atom is 0.294 e. The zero-order chi connectivity index (χ0) is 31.8. The normalized spacial score (nSPS) is 10.5. The lowest BCUT2D eigenvalue weighted by Gasteiger charge is -2.39. The van der Waals surface area contributed by atoms with Gasteiger partial charge in [-0.1, -0.05) is 24.3 Å². The highest BCUT2D eigenvalue weighted by atomic mass is 16.6. The number of nitrogens with two attached hydrogens (primary N) is 1. The Labute approximate surface area is 256 Å². The summed E-state index contributed by atoms with van der Waals surface area (Å²) >= 11 is 0. The van der Waals surface area contributed by atoms with E-state index in [0.29, 0.717) is 51.6 Å². The van der Waals surface area contributed by atoms with E-state index in [9.17, 15) is 10.1 Å². The van der Waals surface area contributed by atoms with Crippen LogP contribution in [0.25, 0.3) is 0 Å². The van der Waals surface area contributed by atoms with Gasteiger partial charge >= 0.3 is 0 Å². The van der Waals surface area contributed by atoms with Crippen LogP contribution in [0.4, 0.5) is 22.7 Å². The molecule has 0 bridgehead atoms. The molecule has 2 N–H and O–H groups in total. The number of nitrogens with zero attached hydrogens (tertiary/aromatic N) is 3. The van der Waals surface area contributed by atoms with Gasteiger partial charge in [0.15, 0.2) is 23.0 Å². The number of nitro groups is 1. The van der Waals surface area contributed by atoms with Gasteiger partial charge in [0.2, 0.25) is 11.5 Å². The molecule has 4 aromatic rings. The van der Waals surface area contributed by atoms with Crippen molar-refractivity contribution in [1.29, 1.82) is 0 Å². The summed E-state index contributed by atoms with van der Waals surface area (Å²) in [5, 5.41) is 16.0. The average molecular weight is 605 g/mol. The third-order valence-electron chi connectivity index (χ3n) is 6.98. The Kier molecular flexibility index (Phi) is 10.1. The monoisotopic (exact) mass is 604 g/mol. The van der Waals surface area contributed by atoms with Gasteiger partial charge < -0.3 is 34.2 Å². The highest BCUT2D eigenvalue weighted by Gasteiger charge is 2.28. The van der Waals surface area contributed by atoms with E-state index in [4.69, 9.17) is 34.2 Å². The summed E-state index contributed by atoms with van der Waals surface area (Å²) in [6.07, 6.45) is 0. The van der Waals surface area contributed by atoms with Crippen molar-refractivity contribution in [2.75, 3.05) is 58.4 Å². The van der Waals surface area contributed by atoms with E-state index < -0.39 is 4.92 Å². The molecule has 0 saturated carbocycles. The Balaban J connectivity index is 1.97. The molecule has 12 heteroatoms. The van der Waals surface area contributed by atoms with Crippen LogP contribution in [-0.2, 0) is 13.1 Å². The molecule has 232 valence electrons. The van der Waals surface area contributed by atoms with Crippen molar-refractivity contribution in [3.05, 3.63) is 94.0 Å². The standard InChI is InChI=1S/C32H36N4O8/c1-39-27-15-21(16-28(40-2)31(27)43-5)19-34(24-12-8-7-11-23(24)33)35(25-13-9-10-14-26(25)36(37)38)20-22-17-29(41-3)32(44-6)30(18-22)42-4/h7-18H,19-20,33H2,1-6H3. The van der Waals surface area contributed by atoms with Gasteiger partial charge in [0.1, 0.15) is 5.69 Å². The Morgan fingerprint density at radius 2 is 1.00 bits per heavy atom. The first-order chi connectivity index (χ1) is 21.3. The predicted octanol–water partition coefficient (Wildman–Crippen LogP) is 5.86. The molecular formula is C32H36N4O8. The lowest BCUT2D eigenvalue weighted by molar-refractivity contribution is -0.384. The van der Waals surface area contributed by atoms with Gasteiger partial charge in [0.25, 0.3) is 5.69 Å². The van der Waals surface area contributed by atoms with Crippen LogP contribution in [-0.4, -0.2) is 47.6 Å². The van der Waals surface area contributed by atoms with Crippen molar-refractivity contribution in [2.45, 2.75) is 13.1 Å². The molecule has 0 aliphatic rings. The molecule has 0 aliphatic carbocycles. The summed E-state index contributed by atoms with van der Waals surface area (Å²) < 4.78 is 33.4. The number of ether oxygens (including phenoxy) is 6. The summed E-state index contributed by atoms with van der Waals surface area (Å²) in [5.41, 5.74) is 9.35. The number of rotatable bonds is 14. The van der Waals surface area contributed by atoms with Gasteiger partial charge in [0, 0.05) is 6.07 Å². The molecule has 0 heterocycles. The quantitative estimate of drug-likeness (QED) is 0.106. The highest BCUT2D eigenvalue weighted by molar-refractivity contribution is 5.74. The van der Waals surface area contributed by atoms with E-state index in [1.807, 2.05) is 35.3 Å². The van der Waals surface area contributed by atoms with Crippen molar-refractivity contribution in [2.24, 2.45) is 0 Å². The van der Waals surface area contributed by atoms with E-state index in [1.165, 1.54) is 48.7 Å². The molecule has 0 fully saturated rings. The second kappa shape index (κ2) is 14.1. The number of hydrogen-bond acceptors (Lipinski definition) is 11. The Morgan fingerprint density at radius 1 is 0.614 bits per heavy atom. The maximum atomic E-state index is 12.3. The zero-order valence-electron chi connectivity index (χ0n) is 25.5. The van der Waals surface area contributed by atoms with Gasteiger partial charge in [-0.25, -0.2) is 0 Å². The van der Waals surface area contributed by atoms with Gasteiger partial charge in [0.05, 0.1) is 72.0 Å². The molecule has 12 nitrogen and oxygen atoms in total. The third-order valence-corrected chi connectivity index (χ3v) is 6.98. The fraction of sp³-hybridized carbons (Fsp3) is 0.250. The van der Waals surface area contributed by atoms with Gasteiger partial charge in [-0.15, -0.1) is 0 Å². The van der Waals surface area contributed by atoms with Crippen LogP contribution < -0.4 is 44.2 Å². The van der Waals surface area contributed by atoms with E-state index in [1.54, 1.807) is 41.4 Å². The minimum absolute atomic E-state index is 0.0932. The van der Waals surface area contributed by atoms with E-state index in [0.717, 1.165) is 11.1 Å². The van der Waals surface area contributed by atoms with Crippen LogP contribution >= 0.6 is 0 Å². The second-order valence-corrected chi connectivity index (χ2v) is 9.49. The molecule has 0 amide bonds. The molecule has 0 aromatic heterocycles.